The maximum Gasteiger partial charge on any atom is 0.0768 e. The number of hydrogen-bond acceptors (Lipinski definition) is 2. The second-order valence-corrected chi connectivity index (χ2v) is 4.78. The fourth-order valence-electron chi connectivity index (χ4n) is 1.93. The highest BCUT2D eigenvalue weighted by Gasteiger charge is 2.18. The van der Waals surface area contributed by atoms with E-state index in [1.165, 1.54) is 25.9 Å². The molecule has 0 radical (unpaired) electrons. The summed E-state index contributed by atoms with van der Waals surface area (Å²) < 4.78 is 0. The Balaban J connectivity index is 2.31. The number of nitrogens with zero attached hydrogens (tertiary/aromatic N) is 1. The lowest BCUT2D eigenvalue weighted by atomic mass is 9.99. The van der Waals surface area contributed by atoms with Crippen molar-refractivity contribution in [2.75, 3.05) is 19.6 Å². The van der Waals surface area contributed by atoms with Gasteiger partial charge in [0.25, 0.3) is 0 Å². The van der Waals surface area contributed by atoms with Crippen LogP contribution in [0, 0.1) is 11.8 Å². The Kier molecular flexibility index (Phi) is 4.13. The SMILES string of the molecule is CC1CCCN(CC(C)C(N)=S)C1. The molecule has 1 aliphatic heterocycles. The van der Waals surface area contributed by atoms with Crippen LogP contribution in [-0.2, 0) is 0 Å². The summed E-state index contributed by atoms with van der Waals surface area (Å²) in [5, 5.41) is 0. The fourth-order valence-corrected chi connectivity index (χ4v) is 2.00. The van der Waals surface area contributed by atoms with Crippen LogP contribution in [0.15, 0.2) is 0 Å². The highest BCUT2D eigenvalue weighted by molar-refractivity contribution is 7.80. The quantitative estimate of drug-likeness (QED) is 0.702. The molecule has 76 valence electrons. The number of rotatable bonds is 3. The average Bonchev–Trinajstić information content (AvgIpc) is 2.04. The van der Waals surface area contributed by atoms with Crippen molar-refractivity contribution in [1.82, 2.24) is 4.90 Å². The summed E-state index contributed by atoms with van der Waals surface area (Å²) >= 11 is 4.97. The van der Waals surface area contributed by atoms with E-state index in [1.54, 1.807) is 0 Å². The molecule has 1 aliphatic rings. The third kappa shape index (κ3) is 3.61. The van der Waals surface area contributed by atoms with Crippen LogP contribution in [-0.4, -0.2) is 29.5 Å². The maximum absolute atomic E-state index is 5.59. The van der Waals surface area contributed by atoms with Gasteiger partial charge in [-0.2, -0.15) is 0 Å². The molecule has 0 aromatic carbocycles. The summed E-state index contributed by atoms with van der Waals surface area (Å²) in [5.74, 6) is 1.20. The zero-order valence-corrected chi connectivity index (χ0v) is 9.44. The summed E-state index contributed by atoms with van der Waals surface area (Å²) in [4.78, 5) is 3.14. The number of hydrogen-bond donors (Lipinski definition) is 1. The van der Waals surface area contributed by atoms with Crippen molar-refractivity contribution >= 4 is 17.2 Å². The average molecular weight is 200 g/mol. The molecule has 2 unspecified atom stereocenters. The Morgan fingerprint density at radius 1 is 1.69 bits per heavy atom. The van der Waals surface area contributed by atoms with Gasteiger partial charge < -0.3 is 10.6 Å². The Morgan fingerprint density at radius 3 is 2.92 bits per heavy atom. The van der Waals surface area contributed by atoms with Crippen LogP contribution in [0.2, 0.25) is 0 Å². The maximum atomic E-state index is 5.59. The molecule has 0 saturated carbocycles. The smallest absolute Gasteiger partial charge is 0.0768 e. The first kappa shape index (κ1) is 10.9. The monoisotopic (exact) mass is 200 g/mol. The molecule has 0 amide bonds. The van der Waals surface area contributed by atoms with Crippen LogP contribution in [0.25, 0.3) is 0 Å². The first-order chi connectivity index (χ1) is 6.09. The number of thiocarbonyl (C=S) groups is 1. The van der Waals surface area contributed by atoms with E-state index in [2.05, 4.69) is 18.7 Å². The molecule has 0 bridgehead atoms. The third-order valence-corrected chi connectivity index (χ3v) is 3.16. The summed E-state index contributed by atoms with van der Waals surface area (Å²) in [6, 6.07) is 0. The van der Waals surface area contributed by atoms with E-state index in [0.717, 1.165) is 12.5 Å². The van der Waals surface area contributed by atoms with E-state index in [-0.39, 0.29) is 0 Å². The van der Waals surface area contributed by atoms with Gasteiger partial charge in [0.2, 0.25) is 0 Å². The number of nitrogens with two attached hydrogens (primary N) is 1. The lowest BCUT2D eigenvalue weighted by Gasteiger charge is -2.32. The Morgan fingerprint density at radius 2 is 2.38 bits per heavy atom. The zero-order valence-electron chi connectivity index (χ0n) is 8.62. The van der Waals surface area contributed by atoms with Crippen LogP contribution < -0.4 is 5.73 Å². The van der Waals surface area contributed by atoms with E-state index >= 15 is 0 Å². The molecule has 2 nitrogen and oxygen atoms in total. The highest BCUT2D eigenvalue weighted by atomic mass is 32.1. The molecule has 0 aromatic heterocycles. The van der Waals surface area contributed by atoms with Crippen molar-refractivity contribution in [1.29, 1.82) is 0 Å². The predicted octanol–water partition coefficient (Wildman–Crippen LogP) is 1.64. The molecule has 0 aliphatic carbocycles. The van der Waals surface area contributed by atoms with Gasteiger partial charge in [-0.15, -0.1) is 0 Å². The summed E-state index contributed by atoms with van der Waals surface area (Å²) in [6.07, 6.45) is 2.70. The molecule has 3 heteroatoms. The molecule has 1 rings (SSSR count). The number of piperidine rings is 1. The van der Waals surface area contributed by atoms with Crippen LogP contribution in [0.1, 0.15) is 26.7 Å². The van der Waals surface area contributed by atoms with Gasteiger partial charge in [0.05, 0.1) is 4.99 Å². The molecule has 1 fully saturated rings. The van der Waals surface area contributed by atoms with E-state index < -0.39 is 0 Å². The van der Waals surface area contributed by atoms with Crippen molar-refractivity contribution in [2.24, 2.45) is 17.6 Å². The van der Waals surface area contributed by atoms with Crippen molar-refractivity contribution < 1.29 is 0 Å². The number of likely N-dealkylation sites (tertiary alicyclic amines) is 1. The van der Waals surface area contributed by atoms with E-state index in [4.69, 9.17) is 18.0 Å². The minimum atomic E-state index is 0.361. The molecule has 1 heterocycles. The van der Waals surface area contributed by atoms with E-state index in [0.29, 0.717) is 10.9 Å². The normalized spacial score (nSPS) is 27.1. The molecule has 0 aromatic rings. The highest BCUT2D eigenvalue weighted by Crippen LogP contribution is 2.16. The minimum absolute atomic E-state index is 0.361. The van der Waals surface area contributed by atoms with Crippen LogP contribution >= 0.6 is 12.2 Å². The van der Waals surface area contributed by atoms with Crippen LogP contribution in [0.5, 0.6) is 0 Å². The second-order valence-electron chi connectivity index (χ2n) is 4.31. The molecule has 2 N–H and O–H groups in total. The molecule has 0 spiro atoms. The van der Waals surface area contributed by atoms with Gasteiger partial charge in [0, 0.05) is 19.0 Å². The largest absolute Gasteiger partial charge is 0.393 e. The van der Waals surface area contributed by atoms with Gasteiger partial charge in [-0.1, -0.05) is 26.1 Å². The molecule has 13 heavy (non-hydrogen) atoms. The first-order valence-corrected chi connectivity index (χ1v) is 5.52. The van der Waals surface area contributed by atoms with Crippen molar-refractivity contribution in [3.8, 4) is 0 Å². The van der Waals surface area contributed by atoms with Gasteiger partial charge in [0.1, 0.15) is 0 Å². The van der Waals surface area contributed by atoms with Crippen molar-refractivity contribution in [3.63, 3.8) is 0 Å². The summed E-state index contributed by atoms with van der Waals surface area (Å²) in [5.41, 5.74) is 5.59. The third-order valence-electron chi connectivity index (χ3n) is 2.76. The van der Waals surface area contributed by atoms with Gasteiger partial charge in [-0.05, 0) is 25.3 Å². The lowest BCUT2D eigenvalue weighted by molar-refractivity contribution is 0.175. The fraction of sp³-hybridized carbons (Fsp3) is 0.900. The zero-order chi connectivity index (χ0) is 9.84. The molecular weight excluding hydrogens is 180 g/mol. The standard InChI is InChI=1S/C10H20N2S/c1-8-4-3-5-12(6-8)7-9(2)10(11)13/h8-9H,3-7H2,1-2H3,(H2,11,13). The van der Waals surface area contributed by atoms with Crippen LogP contribution in [0.4, 0.5) is 0 Å². The molecule has 1 saturated heterocycles. The Hall–Kier alpha value is -0.150. The van der Waals surface area contributed by atoms with Crippen molar-refractivity contribution in [3.05, 3.63) is 0 Å². The predicted molar refractivity (Wildman–Crippen MR) is 60.8 cm³/mol. The van der Waals surface area contributed by atoms with Gasteiger partial charge in [-0.25, -0.2) is 0 Å². The van der Waals surface area contributed by atoms with Gasteiger partial charge in [-0.3, -0.25) is 0 Å². The Bertz CT molecular complexity index is 182. The summed E-state index contributed by atoms with van der Waals surface area (Å²) in [7, 11) is 0. The Labute approximate surface area is 86.5 Å². The van der Waals surface area contributed by atoms with Crippen molar-refractivity contribution in [2.45, 2.75) is 26.7 Å². The van der Waals surface area contributed by atoms with Crippen LogP contribution in [0.3, 0.4) is 0 Å². The topological polar surface area (TPSA) is 29.3 Å². The van der Waals surface area contributed by atoms with E-state index in [9.17, 15) is 0 Å². The minimum Gasteiger partial charge on any atom is -0.393 e. The first-order valence-electron chi connectivity index (χ1n) is 5.11. The molecular formula is C10H20N2S. The summed E-state index contributed by atoms with van der Waals surface area (Å²) in [6.45, 7) is 7.91. The van der Waals surface area contributed by atoms with Gasteiger partial charge in [0.15, 0.2) is 0 Å². The van der Waals surface area contributed by atoms with E-state index in [1.807, 2.05) is 0 Å². The second kappa shape index (κ2) is 4.91. The van der Waals surface area contributed by atoms with Gasteiger partial charge >= 0.3 is 0 Å². The lowest BCUT2D eigenvalue weighted by Crippen LogP contribution is -2.39. The molecule has 2 atom stereocenters.